The molecule has 0 bridgehead atoms. The average Bonchev–Trinajstić information content (AvgIpc) is 2.93. The summed E-state index contributed by atoms with van der Waals surface area (Å²) in [4.78, 5) is 2.37. The lowest BCUT2D eigenvalue weighted by molar-refractivity contribution is 0.357. The number of hydrogen-bond acceptors (Lipinski definition) is 3. The molecule has 1 unspecified atom stereocenters. The van der Waals surface area contributed by atoms with Gasteiger partial charge in [0, 0.05) is 31.7 Å². The minimum Gasteiger partial charge on any atom is -0.493 e. The molecule has 104 valence electrons. The van der Waals surface area contributed by atoms with Gasteiger partial charge in [0.2, 0.25) is 0 Å². The number of fused-ring (bicyclic) bond motifs is 1. The molecule has 0 aliphatic carbocycles. The highest BCUT2D eigenvalue weighted by molar-refractivity contribution is 5.53. The van der Waals surface area contributed by atoms with Gasteiger partial charge in [-0.15, -0.1) is 0 Å². The van der Waals surface area contributed by atoms with Gasteiger partial charge in [0.05, 0.1) is 6.61 Å². The first kappa shape index (κ1) is 12.8. The maximum atomic E-state index is 5.56. The van der Waals surface area contributed by atoms with Gasteiger partial charge in [0.25, 0.3) is 0 Å². The lowest BCUT2D eigenvalue weighted by Gasteiger charge is -2.27. The molecular formula is C16H24N2O. The van der Waals surface area contributed by atoms with E-state index >= 15 is 0 Å². The molecule has 0 spiro atoms. The normalized spacial score (nSPS) is 21.8. The van der Waals surface area contributed by atoms with E-state index in [0.29, 0.717) is 6.04 Å². The zero-order valence-electron chi connectivity index (χ0n) is 11.8. The van der Waals surface area contributed by atoms with E-state index in [1.54, 1.807) is 0 Å². The van der Waals surface area contributed by atoms with Crippen LogP contribution in [0, 0.1) is 0 Å². The molecule has 3 nitrogen and oxygen atoms in total. The standard InChI is InChI=1S/C16H24N2O/c1-18(10-7-14-4-2-3-9-17-14)15-5-6-16-13(12-15)8-11-19-16/h5-6,12,14,17H,2-4,7-11H2,1H3. The molecular weight excluding hydrogens is 236 g/mol. The minimum atomic E-state index is 0.717. The Labute approximate surface area is 115 Å². The van der Waals surface area contributed by atoms with Crippen molar-refractivity contribution in [2.75, 3.05) is 31.6 Å². The first-order chi connectivity index (χ1) is 9.33. The highest BCUT2D eigenvalue weighted by atomic mass is 16.5. The van der Waals surface area contributed by atoms with Gasteiger partial charge in [-0.25, -0.2) is 0 Å². The second-order valence-electron chi connectivity index (χ2n) is 5.75. The summed E-state index contributed by atoms with van der Waals surface area (Å²) in [6.45, 7) is 3.16. The average molecular weight is 260 g/mol. The van der Waals surface area contributed by atoms with E-state index in [2.05, 4.69) is 35.5 Å². The predicted octanol–water partition coefficient (Wildman–Crippen LogP) is 2.59. The van der Waals surface area contributed by atoms with Crippen molar-refractivity contribution < 1.29 is 4.74 Å². The molecule has 1 aromatic rings. The maximum Gasteiger partial charge on any atom is 0.122 e. The van der Waals surface area contributed by atoms with E-state index in [0.717, 1.165) is 25.3 Å². The SMILES string of the molecule is CN(CCC1CCCCN1)c1ccc2c(c1)CCO2. The van der Waals surface area contributed by atoms with Crippen LogP contribution in [-0.4, -0.2) is 32.8 Å². The molecule has 1 aromatic carbocycles. The van der Waals surface area contributed by atoms with E-state index in [9.17, 15) is 0 Å². The Morgan fingerprint density at radius 1 is 1.37 bits per heavy atom. The van der Waals surface area contributed by atoms with Crippen molar-refractivity contribution in [1.82, 2.24) is 5.32 Å². The number of piperidine rings is 1. The van der Waals surface area contributed by atoms with Crippen molar-refractivity contribution in [1.29, 1.82) is 0 Å². The molecule has 3 heteroatoms. The molecule has 3 rings (SSSR count). The summed E-state index contributed by atoms with van der Waals surface area (Å²) in [5, 5.41) is 3.62. The van der Waals surface area contributed by atoms with E-state index in [1.165, 1.54) is 43.5 Å². The molecule has 0 aromatic heterocycles. The minimum absolute atomic E-state index is 0.717. The van der Waals surface area contributed by atoms with Gasteiger partial charge < -0.3 is 15.0 Å². The van der Waals surface area contributed by atoms with E-state index in [1.807, 2.05) is 0 Å². The second-order valence-corrected chi connectivity index (χ2v) is 5.75. The third kappa shape index (κ3) is 3.03. The first-order valence-electron chi connectivity index (χ1n) is 7.53. The van der Waals surface area contributed by atoms with Crippen LogP contribution in [0.1, 0.15) is 31.2 Å². The summed E-state index contributed by atoms with van der Waals surface area (Å²) in [6, 6.07) is 7.30. The van der Waals surface area contributed by atoms with Gasteiger partial charge in [-0.05, 0) is 49.6 Å². The van der Waals surface area contributed by atoms with Crippen LogP contribution in [-0.2, 0) is 6.42 Å². The lowest BCUT2D eigenvalue weighted by Crippen LogP contribution is -2.36. The van der Waals surface area contributed by atoms with Crippen molar-refractivity contribution in [3.63, 3.8) is 0 Å². The Bertz CT molecular complexity index is 427. The van der Waals surface area contributed by atoms with Crippen molar-refractivity contribution in [2.45, 2.75) is 38.1 Å². The highest BCUT2D eigenvalue weighted by Crippen LogP contribution is 2.29. The quantitative estimate of drug-likeness (QED) is 0.900. The van der Waals surface area contributed by atoms with Crippen LogP contribution >= 0.6 is 0 Å². The Kier molecular flexibility index (Phi) is 3.92. The number of rotatable bonds is 4. The van der Waals surface area contributed by atoms with E-state index < -0.39 is 0 Å². The summed E-state index contributed by atoms with van der Waals surface area (Å²) in [6.07, 6.45) is 6.37. The third-order valence-corrected chi connectivity index (χ3v) is 4.34. The number of anilines is 1. The zero-order valence-corrected chi connectivity index (χ0v) is 11.8. The molecule has 1 fully saturated rings. The Morgan fingerprint density at radius 2 is 2.32 bits per heavy atom. The first-order valence-corrected chi connectivity index (χ1v) is 7.53. The monoisotopic (exact) mass is 260 g/mol. The molecule has 0 amide bonds. The fourth-order valence-corrected chi connectivity index (χ4v) is 3.06. The molecule has 1 atom stereocenters. The molecule has 2 heterocycles. The predicted molar refractivity (Wildman–Crippen MR) is 79.2 cm³/mol. The van der Waals surface area contributed by atoms with Gasteiger partial charge in [0.15, 0.2) is 0 Å². The topological polar surface area (TPSA) is 24.5 Å². The van der Waals surface area contributed by atoms with Crippen LogP contribution in [0.5, 0.6) is 5.75 Å². The summed E-state index contributed by atoms with van der Waals surface area (Å²) in [5.74, 6) is 1.08. The van der Waals surface area contributed by atoms with Crippen molar-refractivity contribution in [3.8, 4) is 5.75 Å². The summed E-state index contributed by atoms with van der Waals surface area (Å²) < 4.78 is 5.56. The van der Waals surface area contributed by atoms with Crippen LogP contribution in [0.25, 0.3) is 0 Å². The number of benzene rings is 1. The van der Waals surface area contributed by atoms with E-state index in [-0.39, 0.29) is 0 Å². The van der Waals surface area contributed by atoms with Gasteiger partial charge in [-0.1, -0.05) is 6.42 Å². The Balaban J connectivity index is 1.56. The Hall–Kier alpha value is -1.22. The zero-order chi connectivity index (χ0) is 13.1. The highest BCUT2D eigenvalue weighted by Gasteiger charge is 2.15. The fourth-order valence-electron chi connectivity index (χ4n) is 3.06. The Morgan fingerprint density at radius 3 is 3.16 bits per heavy atom. The molecule has 2 aliphatic rings. The lowest BCUT2D eigenvalue weighted by atomic mass is 10.0. The summed E-state index contributed by atoms with van der Waals surface area (Å²) in [5.41, 5.74) is 2.68. The molecule has 0 radical (unpaired) electrons. The van der Waals surface area contributed by atoms with Crippen LogP contribution in [0.4, 0.5) is 5.69 Å². The molecule has 1 saturated heterocycles. The fraction of sp³-hybridized carbons (Fsp3) is 0.625. The number of hydrogen-bond donors (Lipinski definition) is 1. The summed E-state index contributed by atoms with van der Waals surface area (Å²) >= 11 is 0. The van der Waals surface area contributed by atoms with Crippen molar-refractivity contribution >= 4 is 5.69 Å². The smallest absolute Gasteiger partial charge is 0.122 e. The molecule has 19 heavy (non-hydrogen) atoms. The number of nitrogens with zero attached hydrogens (tertiary/aromatic N) is 1. The van der Waals surface area contributed by atoms with Gasteiger partial charge in [0.1, 0.15) is 5.75 Å². The second kappa shape index (κ2) is 5.83. The largest absolute Gasteiger partial charge is 0.493 e. The van der Waals surface area contributed by atoms with Gasteiger partial charge in [-0.2, -0.15) is 0 Å². The number of ether oxygens (including phenoxy) is 1. The van der Waals surface area contributed by atoms with Crippen molar-refractivity contribution in [3.05, 3.63) is 23.8 Å². The van der Waals surface area contributed by atoms with E-state index in [4.69, 9.17) is 4.74 Å². The van der Waals surface area contributed by atoms with Gasteiger partial charge >= 0.3 is 0 Å². The summed E-state index contributed by atoms with van der Waals surface area (Å²) in [7, 11) is 2.19. The maximum absolute atomic E-state index is 5.56. The third-order valence-electron chi connectivity index (χ3n) is 4.34. The van der Waals surface area contributed by atoms with Crippen molar-refractivity contribution in [2.24, 2.45) is 0 Å². The van der Waals surface area contributed by atoms with Crippen LogP contribution in [0.15, 0.2) is 18.2 Å². The van der Waals surface area contributed by atoms with Crippen LogP contribution in [0.2, 0.25) is 0 Å². The molecule has 0 saturated carbocycles. The number of nitrogens with one attached hydrogen (secondary N) is 1. The van der Waals surface area contributed by atoms with Crippen LogP contribution in [0.3, 0.4) is 0 Å². The van der Waals surface area contributed by atoms with Gasteiger partial charge in [-0.3, -0.25) is 0 Å². The molecule has 2 aliphatic heterocycles. The molecule has 1 N–H and O–H groups in total. The van der Waals surface area contributed by atoms with Crippen LogP contribution < -0.4 is 15.0 Å².